The maximum atomic E-state index is 8.89. The van der Waals surface area contributed by atoms with E-state index >= 15 is 0 Å². The van der Waals surface area contributed by atoms with Gasteiger partial charge in [-0.25, -0.2) is 0 Å². The molecule has 0 unspecified atom stereocenters. The molecule has 74 valence electrons. The standard InChI is InChI=1S/C13H17N/c1-9-6-11(8-14)7-12(10(9)2)13(3,4)5/h6-7H,1-5H3. The van der Waals surface area contributed by atoms with Crippen LogP contribution >= 0.6 is 0 Å². The number of rotatable bonds is 0. The second-order valence-electron chi connectivity index (χ2n) is 4.83. The molecule has 1 nitrogen and oxygen atoms in total. The van der Waals surface area contributed by atoms with E-state index in [1.54, 1.807) is 0 Å². The molecule has 0 bridgehead atoms. The van der Waals surface area contributed by atoms with Crippen molar-refractivity contribution in [2.45, 2.75) is 40.0 Å². The van der Waals surface area contributed by atoms with Gasteiger partial charge in [0.05, 0.1) is 11.6 Å². The van der Waals surface area contributed by atoms with Gasteiger partial charge in [-0.05, 0) is 48.1 Å². The molecule has 0 aliphatic carbocycles. The normalized spacial score (nSPS) is 11.1. The predicted molar refractivity (Wildman–Crippen MR) is 59.3 cm³/mol. The minimum atomic E-state index is 0.113. The zero-order valence-corrected chi connectivity index (χ0v) is 9.60. The van der Waals surface area contributed by atoms with Crippen LogP contribution in [0.4, 0.5) is 0 Å². The first-order chi connectivity index (χ1) is 6.36. The van der Waals surface area contributed by atoms with E-state index in [1.165, 1.54) is 16.7 Å². The smallest absolute Gasteiger partial charge is 0.0991 e. The minimum Gasteiger partial charge on any atom is -0.192 e. The summed E-state index contributed by atoms with van der Waals surface area (Å²) >= 11 is 0. The van der Waals surface area contributed by atoms with Crippen molar-refractivity contribution in [2.75, 3.05) is 0 Å². The fraction of sp³-hybridized carbons (Fsp3) is 0.462. The van der Waals surface area contributed by atoms with Gasteiger partial charge in [-0.15, -0.1) is 0 Å². The van der Waals surface area contributed by atoms with Gasteiger partial charge in [0.2, 0.25) is 0 Å². The van der Waals surface area contributed by atoms with E-state index in [0.29, 0.717) is 0 Å². The Balaban J connectivity index is 3.44. The Labute approximate surface area is 86.4 Å². The van der Waals surface area contributed by atoms with E-state index < -0.39 is 0 Å². The fourth-order valence-corrected chi connectivity index (χ4v) is 1.70. The van der Waals surface area contributed by atoms with Crippen molar-refractivity contribution >= 4 is 0 Å². The SMILES string of the molecule is Cc1cc(C#N)cc(C(C)(C)C)c1C. The van der Waals surface area contributed by atoms with Gasteiger partial charge in [-0.2, -0.15) is 5.26 Å². The Hall–Kier alpha value is -1.29. The lowest BCUT2D eigenvalue weighted by atomic mass is 9.82. The molecule has 0 spiro atoms. The largest absolute Gasteiger partial charge is 0.192 e. The second kappa shape index (κ2) is 3.46. The summed E-state index contributed by atoms with van der Waals surface area (Å²) in [5, 5.41) is 8.89. The molecule has 0 amide bonds. The lowest BCUT2D eigenvalue weighted by Gasteiger charge is -2.23. The molecule has 14 heavy (non-hydrogen) atoms. The highest BCUT2D eigenvalue weighted by Crippen LogP contribution is 2.28. The Kier molecular flexibility index (Phi) is 2.66. The van der Waals surface area contributed by atoms with E-state index in [0.717, 1.165) is 5.56 Å². The van der Waals surface area contributed by atoms with Crippen molar-refractivity contribution in [3.8, 4) is 6.07 Å². The quantitative estimate of drug-likeness (QED) is 0.610. The zero-order valence-electron chi connectivity index (χ0n) is 9.60. The monoisotopic (exact) mass is 187 g/mol. The molecule has 1 aromatic carbocycles. The van der Waals surface area contributed by atoms with Gasteiger partial charge in [0.1, 0.15) is 0 Å². The number of nitriles is 1. The molecule has 0 fully saturated rings. The van der Waals surface area contributed by atoms with Gasteiger partial charge in [-0.1, -0.05) is 20.8 Å². The number of nitrogens with zero attached hydrogens (tertiary/aromatic N) is 1. The number of aryl methyl sites for hydroxylation is 1. The Morgan fingerprint density at radius 2 is 1.71 bits per heavy atom. The van der Waals surface area contributed by atoms with E-state index in [1.807, 2.05) is 12.1 Å². The minimum absolute atomic E-state index is 0.113. The van der Waals surface area contributed by atoms with E-state index in [2.05, 4.69) is 40.7 Å². The van der Waals surface area contributed by atoms with Gasteiger partial charge in [-0.3, -0.25) is 0 Å². The molecule has 0 aromatic heterocycles. The van der Waals surface area contributed by atoms with Gasteiger partial charge >= 0.3 is 0 Å². The molecule has 0 N–H and O–H groups in total. The molecule has 0 aliphatic heterocycles. The van der Waals surface area contributed by atoms with Gasteiger partial charge < -0.3 is 0 Å². The lowest BCUT2D eigenvalue weighted by Crippen LogP contribution is -2.14. The van der Waals surface area contributed by atoms with Crippen LogP contribution in [0.15, 0.2) is 12.1 Å². The van der Waals surface area contributed by atoms with Crippen molar-refractivity contribution in [3.05, 3.63) is 34.4 Å². The summed E-state index contributed by atoms with van der Waals surface area (Å²) in [6.07, 6.45) is 0. The van der Waals surface area contributed by atoms with Crippen molar-refractivity contribution in [1.29, 1.82) is 5.26 Å². The van der Waals surface area contributed by atoms with Crippen LogP contribution in [-0.2, 0) is 5.41 Å². The lowest BCUT2D eigenvalue weighted by molar-refractivity contribution is 0.585. The average molecular weight is 187 g/mol. The summed E-state index contributed by atoms with van der Waals surface area (Å²) in [7, 11) is 0. The summed E-state index contributed by atoms with van der Waals surface area (Å²) < 4.78 is 0. The van der Waals surface area contributed by atoms with Gasteiger partial charge in [0.15, 0.2) is 0 Å². The van der Waals surface area contributed by atoms with Gasteiger partial charge in [0.25, 0.3) is 0 Å². The van der Waals surface area contributed by atoms with Crippen LogP contribution in [0.3, 0.4) is 0 Å². The predicted octanol–water partition coefficient (Wildman–Crippen LogP) is 3.47. The highest BCUT2D eigenvalue weighted by atomic mass is 14.3. The van der Waals surface area contributed by atoms with Crippen LogP contribution in [0.2, 0.25) is 0 Å². The molecular weight excluding hydrogens is 170 g/mol. The third kappa shape index (κ3) is 1.96. The van der Waals surface area contributed by atoms with Crippen molar-refractivity contribution in [3.63, 3.8) is 0 Å². The van der Waals surface area contributed by atoms with Crippen molar-refractivity contribution in [2.24, 2.45) is 0 Å². The van der Waals surface area contributed by atoms with Gasteiger partial charge in [0, 0.05) is 0 Å². The number of hydrogen-bond donors (Lipinski definition) is 0. The molecule has 1 rings (SSSR count). The molecule has 0 heterocycles. The summed E-state index contributed by atoms with van der Waals surface area (Å²) in [5.74, 6) is 0. The molecule has 0 saturated heterocycles. The Morgan fingerprint density at radius 1 is 1.14 bits per heavy atom. The fourth-order valence-electron chi connectivity index (χ4n) is 1.70. The molecule has 1 heteroatoms. The zero-order chi connectivity index (χ0) is 10.9. The molecular formula is C13H17N. The third-order valence-corrected chi connectivity index (χ3v) is 2.60. The van der Waals surface area contributed by atoms with E-state index in [9.17, 15) is 0 Å². The summed E-state index contributed by atoms with van der Waals surface area (Å²) in [6.45, 7) is 10.7. The molecule has 0 atom stereocenters. The van der Waals surface area contributed by atoms with Crippen LogP contribution in [0.1, 0.15) is 43.0 Å². The summed E-state index contributed by atoms with van der Waals surface area (Å²) in [5.41, 5.74) is 4.65. The van der Waals surface area contributed by atoms with Crippen LogP contribution in [-0.4, -0.2) is 0 Å². The number of benzene rings is 1. The van der Waals surface area contributed by atoms with E-state index in [4.69, 9.17) is 5.26 Å². The first-order valence-electron chi connectivity index (χ1n) is 4.88. The number of hydrogen-bond acceptors (Lipinski definition) is 1. The highest BCUT2D eigenvalue weighted by Gasteiger charge is 2.17. The van der Waals surface area contributed by atoms with E-state index in [-0.39, 0.29) is 5.41 Å². The van der Waals surface area contributed by atoms with Crippen LogP contribution in [0.25, 0.3) is 0 Å². The first kappa shape index (κ1) is 10.8. The molecule has 0 aliphatic rings. The summed E-state index contributed by atoms with van der Waals surface area (Å²) in [6, 6.07) is 6.16. The molecule has 1 aromatic rings. The van der Waals surface area contributed by atoms with Crippen LogP contribution in [0, 0.1) is 25.2 Å². The topological polar surface area (TPSA) is 23.8 Å². The maximum Gasteiger partial charge on any atom is 0.0991 e. The van der Waals surface area contributed by atoms with Crippen LogP contribution < -0.4 is 0 Å². The molecule has 0 saturated carbocycles. The second-order valence-corrected chi connectivity index (χ2v) is 4.83. The maximum absolute atomic E-state index is 8.89. The highest BCUT2D eigenvalue weighted by molar-refractivity contribution is 5.45. The van der Waals surface area contributed by atoms with Crippen molar-refractivity contribution in [1.82, 2.24) is 0 Å². The third-order valence-electron chi connectivity index (χ3n) is 2.60. The molecule has 0 radical (unpaired) electrons. The van der Waals surface area contributed by atoms with Crippen molar-refractivity contribution < 1.29 is 0 Å². The summed E-state index contributed by atoms with van der Waals surface area (Å²) in [4.78, 5) is 0. The Morgan fingerprint density at radius 3 is 2.14 bits per heavy atom. The first-order valence-corrected chi connectivity index (χ1v) is 4.88. The average Bonchev–Trinajstić information content (AvgIpc) is 2.07. The Bertz CT molecular complexity index is 389. The van der Waals surface area contributed by atoms with Crippen LogP contribution in [0.5, 0.6) is 0 Å².